The van der Waals surface area contributed by atoms with Crippen molar-refractivity contribution in [2.75, 3.05) is 0 Å². The van der Waals surface area contributed by atoms with Crippen molar-refractivity contribution >= 4 is 6.29 Å². The molecule has 0 bridgehead atoms. The molecule has 0 aromatic rings. The Balaban J connectivity index is 3.14. The molecule has 0 aliphatic heterocycles. The van der Waals surface area contributed by atoms with Crippen molar-refractivity contribution in [3.8, 4) is 0 Å². The van der Waals surface area contributed by atoms with Gasteiger partial charge < -0.3 is 4.79 Å². The van der Waals surface area contributed by atoms with Crippen LogP contribution in [0.1, 0.15) is 46.0 Å². The van der Waals surface area contributed by atoms with Gasteiger partial charge in [0.1, 0.15) is 6.29 Å². The van der Waals surface area contributed by atoms with Crippen LogP contribution >= 0.6 is 0 Å². The zero-order valence-electron chi connectivity index (χ0n) is 8.25. The Labute approximate surface area is 75.9 Å². The van der Waals surface area contributed by atoms with Crippen LogP contribution in [0, 0.1) is 5.92 Å². The van der Waals surface area contributed by atoms with E-state index in [0.717, 1.165) is 25.5 Å². The summed E-state index contributed by atoms with van der Waals surface area (Å²) < 4.78 is 0. The molecule has 1 nitrogen and oxygen atoms in total. The van der Waals surface area contributed by atoms with Crippen molar-refractivity contribution in [2.45, 2.75) is 46.0 Å². The van der Waals surface area contributed by atoms with Crippen LogP contribution in [-0.2, 0) is 4.79 Å². The molecule has 70 valence electrons. The number of hydrogen-bond donors (Lipinski definition) is 0. The lowest BCUT2D eigenvalue weighted by Crippen LogP contribution is -1.93. The molecule has 0 amide bonds. The van der Waals surface area contributed by atoms with E-state index in [9.17, 15) is 4.79 Å². The highest BCUT2D eigenvalue weighted by atomic mass is 16.1. The minimum absolute atomic E-state index is 0.240. The highest BCUT2D eigenvalue weighted by molar-refractivity contribution is 5.52. The molecule has 0 rings (SSSR count). The average molecular weight is 168 g/mol. The fourth-order valence-electron chi connectivity index (χ4n) is 1.03. The van der Waals surface area contributed by atoms with E-state index in [0.29, 0.717) is 0 Å². The third-order valence-corrected chi connectivity index (χ3v) is 1.88. The molecule has 0 aromatic heterocycles. The zero-order valence-corrected chi connectivity index (χ0v) is 8.25. The van der Waals surface area contributed by atoms with Gasteiger partial charge in [0, 0.05) is 5.92 Å². The molecular formula is C11H20O. The van der Waals surface area contributed by atoms with Gasteiger partial charge in [0.2, 0.25) is 0 Å². The molecule has 0 spiro atoms. The van der Waals surface area contributed by atoms with E-state index in [4.69, 9.17) is 0 Å². The first-order valence-corrected chi connectivity index (χ1v) is 4.91. The predicted molar refractivity (Wildman–Crippen MR) is 53.1 cm³/mol. The topological polar surface area (TPSA) is 17.1 Å². The Morgan fingerprint density at radius 3 is 2.50 bits per heavy atom. The Hall–Kier alpha value is -0.590. The van der Waals surface area contributed by atoms with Crippen LogP contribution in [0.25, 0.3) is 0 Å². The second-order valence-corrected chi connectivity index (χ2v) is 3.30. The van der Waals surface area contributed by atoms with E-state index in [2.05, 4.69) is 19.1 Å². The second-order valence-electron chi connectivity index (χ2n) is 3.30. The number of rotatable bonds is 7. The van der Waals surface area contributed by atoms with Crippen molar-refractivity contribution in [3.63, 3.8) is 0 Å². The predicted octanol–water partition coefficient (Wildman–Crippen LogP) is 3.35. The summed E-state index contributed by atoms with van der Waals surface area (Å²) >= 11 is 0. The van der Waals surface area contributed by atoms with Crippen molar-refractivity contribution in [1.82, 2.24) is 0 Å². The van der Waals surface area contributed by atoms with Crippen LogP contribution in [0.2, 0.25) is 0 Å². The summed E-state index contributed by atoms with van der Waals surface area (Å²) in [6.07, 6.45) is 11.2. The zero-order chi connectivity index (χ0) is 9.23. The van der Waals surface area contributed by atoms with E-state index >= 15 is 0 Å². The molecule has 1 unspecified atom stereocenters. The van der Waals surface area contributed by atoms with E-state index < -0.39 is 0 Å². The van der Waals surface area contributed by atoms with Gasteiger partial charge in [0.05, 0.1) is 0 Å². The summed E-state index contributed by atoms with van der Waals surface area (Å²) in [5, 5.41) is 0. The number of unbranched alkanes of at least 4 members (excludes halogenated alkanes) is 2. The van der Waals surface area contributed by atoms with Crippen LogP contribution in [0.3, 0.4) is 0 Å². The van der Waals surface area contributed by atoms with E-state index in [1.54, 1.807) is 0 Å². The van der Waals surface area contributed by atoms with Gasteiger partial charge in [-0.05, 0) is 25.7 Å². The number of carbonyl (C=O) groups excluding carboxylic acids is 1. The van der Waals surface area contributed by atoms with Gasteiger partial charge in [-0.25, -0.2) is 0 Å². The summed E-state index contributed by atoms with van der Waals surface area (Å²) in [5.74, 6) is 0.240. The highest BCUT2D eigenvalue weighted by Crippen LogP contribution is 2.05. The minimum atomic E-state index is 0.240. The maximum Gasteiger partial charge on any atom is 0.122 e. The first-order valence-electron chi connectivity index (χ1n) is 4.91. The van der Waals surface area contributed by atoms with Gasteiger partial charge in [-0.2, -0.15) is 0 Å². The number of aldehydes is 1. The normalized spacial score (nSPS) is 13.5. The van der Waals surface area contributed by atoms with Crippen LogP contribution in [0.15, 0.2) is 12.2 Å². The maximum absolute atomic E-state index is 10.3. The van der Waals surface area contributed by atoms with Crippen LogP contribution in [0.4, 0.5) is 0 Å². The van der Waals surface area contributed by atoms with Gasteiger partial charge in [-0.3, -0.25) is 0 Å². The van der Waals surface area contributed by atoms with E-state index in [1.807, 2.05) is 6.92 Å². The molecule has 0 fully saturated rings. The first kappa shape index (κ1) is 11.4. The lowest BCUT2D eigenvalue weighted by Gasteiger charge is -1.99. The third kappa shape index (κ3) is 7.52. The number of hydrogen-bond acceptors (Lipinski definition) is 1. The smallest absolute Gasteiger partial charge is 0.122 e. The largest absolute Gasteiger partial charge is 0.303 e. The fraction of sp³-hybridized carbons (Fsp3) is 0.727. The molecule has 0 aliphatic carbocycles. The molecule has 0 radical (unpaired) electrons. The summed E-state index contributed by atoms with van der Waals surface area (Å²) in [7, 11) is 0. The standard InChI is InChI=1S/C11H20O/c1-3-4-5-6-7-8-9-11(2)10-12/h5-6,10-11H,3-4,7-9H2,1-2H3. The summed E-state index contributed by atoms with van der Waals surface area (Å²) in [6.45, 7) is 4.15. The Kier molecular flexibility index (Phi) is 8.09. The van der Waals surface area contributed by atoms with Crippen LogP contribution in [0.5, 0.6) is 0 Å². The molecule has 1 heteroatoms. The average Bonchev–Trinajstić information content (AvgIpc) is 2.10. The van der Waals surface area contributed by atoms with Crippen molar-refractivity contribution < 1.29 is 4.79 Å². The highest BCUT2D eigenvalue weighted by Gasteiger charge is 1.96. The number of carbonyl (C=O) groups is 1. The van der Waals surface area contributed by atoms with E-state index in [-0.39, 0.29) is 5.92 Å². The molecule has 1 atom stereocenters. The molecule has 0 aromatic carbocycles. The lowest BCUT2D eigenvalue weighted by molar-refractivity contribution is -0.110. The van der Waals surface area contributed by atoms with Crippen molar-refractivity contribution in [2.24, 2.45) is 5.92 Å². The molecular weight excluding hydrogens is 148 g/mol. The van der Waals surface area contributed by atoms with Gasteiger partial charge in [0.25, 0.3) is 0 Å². The van der Waals surface area contributed by atoms with Crippen LogP contribution < -0.4 is 0 Å². The lowest BCUT2D eigenvalue weighted by atomic mass is 10.1. The second kappa shape index (κ2) is 8.51. The summed E-state index contributed by atoms with van der Waals surface area (Å²) in [5.41, 5.74) is 0. The Morgan fingerprint density at radius 1 is 1.25 bits per heavy atom. The minimum Gasteiger partial charge on any atom is -0.303 e. The van der Waals surface area contributed by atoms with Gasteiger partial charge in [-0.1, -0.05) is 32.4 Å². The SMILES string of the molecule is CCCC=CCCCC(C)C=O. The Morgan fingerprint density at radius 2 is 1.92 bits per heavy atom. The van der Waals surface area contributed by atoms with Gasteiger partial charge in [0.15, 0.2) is 0 Å². The first-order chi connectivity index (χ1) is 5.81. The van der Waals surface area contributed by atoms with Crippen LogP contribution in [-0.4, -0.2) is 6.29 Å². The van der Waals surface area contributed by atoms with Gasteiger partial charge in [-0.15, -0.1) is 0 Å². The summed E-state index contributed by atoms with van der Waals surface area (Å²) in [6, 6.07) is 0. The molecule has 0 saturated carbocycles. The van der Waals surface area contributed by atoms with E-state index in [1.165, 1.54) is 12.8 Å². The quantitative estimate of drug-likeness (QED) is 0.324. The van der Waals surface area contributed by atoms with Gasteiger partial charge >= 0.3 is 0 Å². The Bertz CT molecular complexity index is 127. The van der Waals surface area contributed by atoms with Crippen molar-refractivity contribution in [3.05, 3.63) is 12.2 Å². The maximum atomic E-state index is 10.3. The molecule has 0 saturated heterocycles. The number of allylic oxidation sites excluding steroid dienone is 2. The molecule has 12 heavy (non-hydrogen) atoms. The molecule has 0 aliphatic rings. The molecule has 0 heterocycles. The molecule has 0 N–H and O–H groups in total. The third-order valence-electron chi connectivity index (χ3n) is 1.88. The summed E-state index contributed by atoms with van der Waals surface area (Å²) in [4.78, 5) is 10.3. The monoisotopic (exact) mass is 168 g/mol. The van der Waals surface area contributed by atoms with Crippen molar-refractivity contribution in [1.29, 1.82) is 0 Å². The fourth-order valence-corrected chi connectivity index (χ4v) is 1.03.